The maximum Gasteiger partial charge on any atom is 0.150 e. The van der Waals surface area contributed by atoms with E-state index in [9.17, 15) is 4.39 Å². The molecule has 0 fully saturated rings. The van der Waals surface area contributed by atoms with Crippen molar-refractivity contribution in [2.45, 2.75) is 20.3 Å². The summed E-state index contributed by atoms with van der Waals surface area (Å²) in [7, 11) is 0. The average Bonchev–Trinajstić information content (AvgIpc) is 2.54. The summed E-state index contributed by atoms with van der Waals surface area (Å²) < 4.78 is 15.1. The summed E-state index contributed by atoms with van der Waals surface area (Å²) in [5.74, 6) is -0.440. The van der Waals surface area contributed by atoms with Crippen LogP contribution >= 0.6 is 23.2 Å². The zero-order valence-electron chi connectivity index (χ0n) is 9.47. The van der Waals surface area contributed by atoms with E-state index >= 15 is 0 Å². The monoisotopic (exact) mass is 272 g/mol. The Hall–Kier alpha value is -1.06. The van der Waals surface area contributed by atoms with Gasteiger partial charge in [0.1, 0.15) is 16.7 Å². The first-order chi connectivity index (χ1) is 8.06. The minimum atomic E-state index is -0.440. The van der Waals surface area contributed by atoms with Crippen LogP contribution in [0.2, 0.25) is 10.2 Å². The number of halogens is 3. The molecule has 1 heterocycles. The first-order valence-corrected chi connectivity index (χ1v) is 6.00. The number of aryl methyl sites for hydroxylation is 1. The van der Waals surface area contributed by atoms with Gasteiger partial charge >= 0.3 is 0 Å². The van der Waals surface area contributed by atoms with Crippen LogP contribution in [0.15, 0.2) is 18.2 Å². The minimum absolute atomic E-state index is 0.196. The average molecular weight is 273 g/mol. The Labute approximate surface area is 109 Å². The van der Waals surface area contributed by atoms with Gasteiger partial charge in [-0.2, -0.15) is 5.10 Å². The van der Waals surface area contributed by atoms with E-state index in [1.54, 1.807) is 12.1 Å². The molecule has 0 bridgehead atoms. The molecule has 0 atom stereocenters. The second-order valence-electron chi connectivity index (χ2n) is 3.69. The van der Waals surface area contributed by atoms with Gasteiger partial charge < -0.3 is 0 Å². The normalized spacial score (nSPS) is 10.9. The Balaban J connectivity index is 2.69. The molecule has 2 aromatic rings. The molecular weight excluding hydrogens is 262 g/mol. The highest BCUT2D eigenvalue weighted by Crippen LogP contribution is 2.29. The van der Waals surface area contributed by atoms with Crippen molar-refractivity contribution in [2.75, 3.05) is 0 Å². The summed E-state index contributed by atoms with van der Waals surface area (Å²) in [5, 5.41) is 4.94. The zero-order valence-corrected chi connectivity index (χ0v) is 11.0. The van der Waals surface area contributed by atoms with Crippen LogP contribution in [0.1, 0.15) is 18.2 Å². The van der Waals surface area contributed by atoms with Crippen molar-refractivity contribution in [1.29, 1.82) is 0 Å². The fourth-order valence-corrected chi connectivity index (χ4v) is 2.41. The predicted octanol–water partition coefficient (Wildman–Crippen LogP) is 4.19. The lowest BCUT2D eigenvalue weighted by Crippen LogP contribution is -2.01. The number of hydrogen-bond acceptors (Lipinski definition) is 1. The van der Waals surface area contributed by atoms with Gasteiger partial charge in [0.2, 0.25) is 0 Å². The smallest absolute Gasteiger partial charge is 0.150 e. The highest BCUT2D eigenvalue weighted by molar-refractivity contribution is 6.33. The lowest BCUT2D eigenvalue weighted by molar-refractivity contribution is 0.610. The van der Waals surface area contributed by atoms with Gasteiger partial charge in [-0.05, 0) is 25.5 Å². The maximum atomic E-state index is 13.8. The molecule has 0 saturated heterocycles. The summed E-state index contributed by atoms with van der Waals surface area (Å²) >= 11 is 12.2. The molecule has 5 heteroatoms. The molecule has 0 aliphatic heterocycles. The van der Waals surface area contributed by atoms with Crippen molar-refractivity contribution >= 4 is 23.2 Å². The molecule has 0 aliphatic carbocycles. The van der Waals surface area contributed by atoms with Crippen molar-refractivity contribution in [2.24, 2.45) is 0 Å². The zero-order chi connectivity index (χ0) is 12.6. The second-order valence-corrected chi connectivity index (χ2v) is 4.46. The van der Waals surface area contributed by atoms with E-state index < -0.39 is 5.82 Å². The van der Waals surface area contributed by atoms with Crippen molar-refractivity contribution in [1.82, 2.24) is 9.78 Å². The van der Waals surface area contributed by atoms with Crippen molar-refractivity contribution in [3.8, 4) is 5.69 Å². The molecule has 0 spiro atoms. The van der Waals surface area contributed by atoms with E-state index in [1.807, 2.05) is 13.8 Å². The Morgan fingerprint density at radius 1 is 1.35 bits per heavy atom. The van der Waals surface area contributed by atoms with Gasteiger partial charge in [-0.1, -0.05) is 36.2 Å². The van der Waals surface area contributed by atoms with E-state index in [4.69, 9.17) is 23.2 Å². The first-order valence-electron chi connectivity index (χ1n) is 5.24. The Kier molecular flexibility index (Phi) is 3.40. The highest BCUT2D eigenvalue weighted by atomic mass is 35.5. The highest BCUT2D eigenvalue weighted by Gasteiger charge is 2.17. The largest absolute Gasteiger partial charge is 0.217 e. The van der Waals surface area contributed by atoms with E-state index in [1.165, 1.54) is 10.7 Å². The van der Waals surface area contributed by atoms with Crippen LogP contribution in [-0.2, 0) is 6.42 Å². The lowest BCUT2D eigenvalue weighted by Gasteiger charge is -2.07. The third-order valence-electron chi connectivity index (χ3n) is 2.62. The minimum Gasteiger partial charge on any atom is -0.217 e. The van der Waals surface area contributed by atoms with Crippen molar-refractivity contribution in [3.05, 3.63) is 45.4 Å². The van der Waals surface area contributed by atoms with Crippen LogP contribution in [0.5, 0.6) is 0 Å². The van der Waals surface area contributed by atoms with Gasteiger partial charge in [0.15, 0.2) is 0 Å². The molecule has 0 unspecified atom stereocenters. The molecule has 0 N–H and O–H groups in total. The predicted molar refractivity (Wildman–Crippen MR) is 67.7 cm³/mol. The van der Waals surface area contributed by atoms with E-state index in [0.717, 1.165) is 17.7 Å². The van der Waals surface area contributed by atoms with Gasteiger partial charge in [0.25, 0.3) is 0 Å². The van der Waals surface area contributed by atoms with E-state index in [-0.39, 0.29) is 10.7 Å². The fourth-order valence-electron chi connectivity index (χ4n) is 1.77. The third-order valence-corrected chi connectivity index (χ3v) is 3.32. The lowest BCUT2D eigenvalue weighted by atomic mass is 10.2. The van der Waals surface area contributed by atoms with Crippen LogP contribution < -0.4 is 0 Å². The molecule has 0 aliphatic rings. The molecule has 2 nitrogen and oxygen atoms in total. The van der Waals surface area contributed by atoms with Gasteiger partial charge in [0.05, 0.1) is 10.7 Å². The number of para-hydroxylation sites is 1. The molecule has 0 radical (unpaired) electrons. The fraction of sp³-hybridized carbons (Fsp3) is 0.250. The second kappa shape index (κ2) is 4.67. The SMILES string of the molecule is CCc1c(C)nn(-c2c(F)cccc2Cl)c1Cl. The summed E-state index contributed by atoms with van der Waals surface area (Å²) in [5.41, 5.74) is 1.89. The van der Waals surface area contributed by atoms with Gasteiger partial charge in [-0.25, -0.2) is 9.07 Å². The Bertz CT molecular complexity index is 544. The van der Waals surface area contributed by atoms with Crippen LogP contribution in [-0.4, -0.2) is 9.78 Å². The molecule has 1 aromatic heterocycles. The number of benzene rings is 1. The third kappa shape index (κ3) is 2.05. The number of hydrogen-bond donors (Lipinski definition) is 0. The molecule has 90 valence electrons. The summed E-state index contributed by atoms with van der Waals surface area (Å²) in [6, 6.07) is 4.49. The molecule has 1 aromatic carbocycles. The van der Waals surface area contributed by atoms with E-state index in [0.29, 0.717) is 5.15 Å². The Morgan fingerprint density at radius 2 is 2.06 bits per heavy atom. The number of rotatable bonds is 2. The number of nitrogens with zero attached hydrogens (tertiary/aromatic N) is 2. The quantitative estimate of drug-likeness (QED) is 0.802. The standard InChI is InChI=1S/C12H11Cl2FN2/c1-3-8-7(2)16-17(12(8)14)11-9(13)5-4-6-10(11)15/h4-6H,3H2,1-2H3. The van der Waals surface area contributed by atoms with Gasteiger partial charge in [-0.15, -0.1) is 0 Å². The van der Waals surface area contributed by atoms with Gasteiger partial charge in [-0.3, -0.25) is 0 Å². The first kappa shape index (κ1) is 12.4. The van der Waals surface area contributed by atoms with Crippen LogP contribution in [0.4, 0.5) is 4.39 Å². The molecule has 2 rings (SSSR count). The maximum absolute atomic E-state index is 13.8. The van der Waals surface area contributed by atoms with Crippen molar-refractivity contribution < 1.29 is 4.39 Å². The van der Waals surface area contributed by atoms with Crippen LogP contribution in [0.25, 0.3) is 5.69 Å². The van der Waals surface area contributed by atoms with Crippen LogP contribution in [0, 0.1) is 12.7 Å². The van der Waals surface area contributed by atoms with Crippen molar-refractivity contribution in [3.63, 3.8) is 0 Å². The molecule has 0 saturated carbocycles. The molecule has 17 heavy (non-hydrogen) atoms. The van der Waals surface area contributed by atoms with Gasteiger partial charge in [0, 0.05) is 5.56 Å². The Morgan fingerprint density at radius 3 is 2.59 bits per heavy atom. The molecule has 0 amide bonds. The summed E-state index contributed by atoms with van der Waals surface area (Å²) in [4.78, 5) is 0. The van der Waals surface area contributed by atoms with E-state index in [2.05, 4.69) is 5.10 Å². The summed E-state index contributed by atoms with van der Waals surface area (Å²) in [6.07, 6.45) is 0.747. The molecular formula is C12H11Cl2FN2. The summed E-state index contributed by atoms with van der Waals surface area (Å²) in [6.45, 7) is 3.82. The number of aromatic nitrogens is 2. The topological polar surface area (TPSA) is 17.8 Å². The van der Waals surface area contributed by atoms with Crippen LogP contribution in [0.3, 0.4) is 0 Å².